The van der Waals surface area contributed by atoms with Crippen molar-refractivity contribution < 1.29 is 22.8 Å². The normalized spacial score (nSPS) is 10.6. The number of ketones is 1. The van der Waals surface area contributed by atoms with Crippen molar-refractivity contribution in [3.8, 4) is 0 Å². The van der Waals surface area contributed by atoms with Crippen LogP contribution in [0.5, 0.6) is 0 Å². The highest BCUT2D eigenvalue weighted by Crippen LogP contribution is 2.20. The lowest BCUT2D eigenvalue weighted by Crippen LogP contribution is -2.22. The van der Waals surface area contributed by atoms with E-state index in [-0.39, 0.29) is 23.7 Å². The zero-order valence-corrected chi connectivity index (χ0v) is 13.0. The fourth-order valence-electron chi connectivity index (χ4n) is 2.03. The number of carbonyl (C=O) groups excluding carboxylic acids is 2. The van der Waals surface area contributed by atoms with Gasteiger partial charge in [0, 0.05) is 10.4 Å². The van der Waals surface area contributed by atoms with E-state index in [1.165, 1.54) is 23.7 Å². The summed E-state index contributed by atoms with van der Waals surface area (Å²) in [5, 5.41) is 2.60. The Morgan fingerprint density at radius 3 is 2.62 bits per heavy atom. The number of rotatable bonds is 5. The molecule has 0 radical (unpaired) electrons. The van der Waals surface area contributed by atoms with Crippen molar-refractivity contribution in [2.75, 3.05) is 0 Å². The maximum Gasteiger partial charge on any atom is 0.251 e. The Bertz CT molecular complexity index is 887. The summed E-state index contributed by atoms with van der Waals surface area (Å²) >= 11 is 1.22. The van der Waals surface area contributed by atoms with Crippen molar-refractivity contribution in [2.24, 2.45) is 0 Å². The lowest BCUT2D eigenvalue weighted by molar-refractivity contribution is 0.0950. The van der Waals surface area contributed by atoms with Crippen LogP contribution in [0.2, 0.25) is 0 Å². The number of hydrogen-bond donors (Lipinski definition) is 1. The number of halogens is 2. The highest BCUT2D eigenvalue weighted by molar-refractivity contribution is 7.14. The van der Waals surface area contributed by atoms with Gasteiger partial charge in [0.05, 0.1) is 17.7 Å². The molecular formula is C17H11F2NO3S. The zero-order chi connectivity index (χ0) is 17.1. The molecule has 3 aromatic rings. The van der Waals surface area contributed by atoms with Crippen LogP contribution in [0.3, 0.4) is 0 Å². The number of furan rings is 1. The molecule has 2 aromatic heterocycles. The molecule has 0 fully saturated rings. The number of carbonyl (C=O) groups is 2. The maximum atomic E-state index is 13.1. The summed E-state index contributed by atoms with van der Waals surface area (Å²) < 4.78 is 31.1. The maximum absolute atomic E-state index is 13.1. The molecule has 0 aliphatic rings. The van der Waals surface area contributed by atoms with Crippen LogP contribution in [-0.2, 0) is 6.54 Å². The number of benzene rings is 1. The first-order chi connectivity index (χ1) is 11.5. The van der Waals surface area contributed by atoms with Crippen LogP contribution in [0.15, 0.2) is 53.1 Å². The quantitative estimate of drug-likeness (QED) is 0.715. The Hall–Kier alpha value is -2.80. The van der Waals surface area contributed by atoms with Crippen molar-refractivity contribution >= 4 is 23.0 Å². The van der Waals surface area contributed by atoms with Gasteiger partial charge in [-0.1, -0.05) is 0 Å². The van der Waals surface area contributed by atoms with Gasteiger partial charge >= 0.3 is 0 Å². The minimum absolute atomic E-state index is 0.0253. The van der Waals surface area contributed by atoms with E-state index in [0.717, 1.165) is 17.0 Å². The van der Waals surface area contributed by atoms with Crippen LogP contribution >= 0.6 is 11.3 Å². The van der Waals surface area contributed by atoms with E-state index in [4.69, 9.17) is 4.42 Å². The van der Waals surface area contributed by atoms with Gasteiger partial charge in [-0.05, 0) is 42.5 Å². The third kappa shape index (κ3) is 3.41. The number of nitrogens with one attached hydrogen (secondary N) is 1. The van der Waals surface area contributed by atoms with E-state index in [1.807, 2.05) is 0 Å². The van der Waals surface area contributed by atoms with Crippen molar-refractivity contribution in [1.82, 2.24) is 5.32 Å². The summed E-state index contributed by atoms with van der Waals surface area (Å²) in [6.45, 7) is 0.175. The first-order valence-corrected chi connectivity index (χ1v) is 7.76. The molecule has 0 saturated carbocycles. The average Bonchev–Trinajstić information content (AvgIpc) is 3.26. The lowest BCUT2D eigenvalue weighted by atomic mass is 10.2. The summed E-state index contributed by atoms with van der Waals surface area (Å²) in [6, 6.07) is 9.51. The molecule has 3 rings (SSSR count). The molecule has 0 aliphatic carbocycles. The van der Waals surface area contributed by atoms with Gasteiger partial charge in [-0.15, -0.1) is 11.3 Å². The number of thiophene rings is 1. The average molecular weight is 347 g/mol. The monoisotopic (exact) mass is 347 g/mol. The van der Waals surface area contributed by atoms with Gasteiger partial charge < -0.3 is 9.73 Å². The molecule has 0 bridgehead atoms. The van der Waals surface area contributed by atoms with E-state index < -0.39 is 17.5 Å². The smallest absolute Gasteiger partial charge is 0.251 e. The lowest BCUT2D eigenvalue weighted by Gasteiger charge is -2.04. The Morgan fingerprint density at radius 2 is 1.92 bits per heavy atom. The summed E-state index contributed by atoms with van der Waals surface area (Å²) in [4.78, 5) is 25.3. The van der Waals surface area contributed by atoms with Crippen LogP contribution in [0.25, 0.3) is 0 Å². The highest BCUT2D eigenvalue weighted by Gasteiger charge is 2.15. The molecule has 0 saturated heterocycles. The second-order valence-electron chi connectivity index (χ2n) is 4.88. The summed E-state index contributed by atoms with van der Waals surface area (Å²) in [7, 11) is 0. The van der Waals surface area contributed by atoms with Gasteiger partial charge in [0.15, 0.2) is 17.4 Å². The Labute approximate surface area is 139 Å². The van der Waals surface area contributed by atoms with Gasteiger partial charge in [0.2, 0.25) is 5.78 Å². The fraction of sp³-hybridized carbons (Fsp3) is 0.0588. The predicted molar refractivity (Wildman–Crippen MR) is 84.0 cm³/mol. The molecule has 24 heavy (non-hydrogen) atoms. The SMILES string of the molecule is O=C(NCc1ccc(C(=O)c2ccco2)s1)c1ccc(F)c(F)c1. The van der Waals surface area contributed by atoms with Gasteiger partial charge in [-0.3, -0.25) is 9.59 Å². The minimum atomic E-state index is -1.08. The molecule has 1 aromatic carbocycles. The van der Waals surface area contributed by atoms with Gasteiger partial charge in [-0.2, -0.15) is 0 Å². The van der Waals surface area contributed by atoms with E-state index in [1.54, 1.807) is 24.3 Å². The predicted octanol–water partition coefficient (Wildman–Crippen LogP) is 3.78. The third-order valence-corrected chi connectivity index (χ3v) is 4.32. The first kappa shape index (κ1) is 16.1. The second kappa shape index (κ2) is 6.76. The standard InChI is InChI=1S/C17H11F2NO3S/c18-12-5-3-10(8-13(12)19)17(22)20-9-11-4-6-15(24-11)16(21)14-2-1-7-23-14/h1-8H,9H2,(H,20,22). The molecule has 0 atom stereocenters. The van der Waals surface area contributed by atoms with Gasteiger partial charge in [0.1, 0.15) is 0 Å². The second-order valence-corrected chi connectivity index (χ2v) is 6.05. The fourth-order valence-corrected chi connectivity index (χ4v) is 2.92. The Morgan fingerprint density at radius 1 is 1.08 bits per heavy atom. The van der Waals surface area contributed by atoms with E-state index in [0.29, 0.717) is 4.88 Å². The van der Waals surface area contributed by atoms with E-state index in [2.05, 4.69) is 5.32 Å². The molecule has 0 aliphatic heterocycles. The summed E-state index contributed by atoms with van der Waals surface area (Å²) in [5.41, 5.74) is 0.0253. The molecule has 0 spiro atoms. The molecule has 4 nitrogen and oxygen atoms in total. The van der Waals surface area contributed by atoms with E-state index in [9.17, 15) is 18.4 Å². The van der Waals surface area contributed by atoms with Crippen LogP contribution < -0.4 is 5.32 Å². The van der Waals surface area contributed by atoms with Crippen molar-refractivity contribution in [3.05, 3.63) is 81.4 Å². The van der Waals surface area contributed by atoms with Crippen LogP contribution in [-0.4, -0.2) is 11.7 Å². The molecule has 7 heteroatoms. The molecule has 122 valence electrons. The van der Waals surface area contributed by atoms with Crippen molar-refractivity contribution in [3.63, 3.8) is 0 Å². The first-order valence-electron chi connectivity index (χ1n) is 6.95. The Balaban J connectivity index is 1.64. The summed E-state index contributed by atoms with van der Waals surface area (Å²) in [5.74, 6) is -2.60. The molecule has 1 amide bonds. The molecular weight excluding hydrogens is 336 g/mol. The minimum Gasteiger partial charge on any atom is -0.461 e. The molecule has 1 N–H and O–H groups in total. The molecule has 0 unspecified atom stereocenters. The Kier molecular flexibility index (Phi) is 4.52. The van der Waals surface area contributed by atoms with E-state index >= 15 is 0 Å². The van der Waals surface area contributed by atoms with Gasteiger partial charge in [0.25, 0.3) is 5.91 Å². The van der Waals surface area contributed by atoms with Gasteiger partial charge in [-0.25, -0.2) is 8.78 Å². The third-order valence-electron chi connectivity index (χ3n) is 3.24. The van der Waals surface area contributed by atoms with Crippen LogP contribution in [0, 0.1) is 11.6 Å². The zero-order valence-electron chi connectivity index (χ0n) is 12.2. The molecule has 2 heterocycles. The van der Waals surface area contributed by atoms with Crippen molar-refractivity contribution in [1.29, 1.82) is 0 Å². The summed E-state index contributed by atoms with van der Waals surface area (Å²) in [6.07, 6.45) is 1.42. The van der Waals surface area contributed by atoms with Crippen molar-refractivity contribution in [2.45, 2.75) is 6.54 Å². The largest absolute Gasteiger partial charge is 0.461 e. The topological polar surface area (TPSA) is 59.3 Å². The highest BCUT2D eigenvalue weighted by atomic mass is 32.1. The van der Waals surface area contributed by atoms with Crippen LogP contribution in [0.4, 0.5) is 8.78 Å². The van der Waals surface area contributed by atoms with Crippen LogP contribution in [0.1, 0.15) is 30.7 Å². The number of hydrogen-bond acceptors (Lipinski definition) is 4. The number of amides is 1.